The minimum Gasteiger partial charge on any atom is -0.478 e. The topological polar surface area (TPSA) is 105 Å². The predicted octanol–water partition coefficient (Wildman–Crippen LogP) is 5.25. The molecule has 0 aromatic heterocycles. The van der Waals surface area contributed by atoms with Gasteiger partial charge in [-0.15, -0.1) is 0 Å². The minimum absolute atomic E-state index is 0.0304. The van der Waals surface area contributed by atoms with Crippen LogP contribution in [-0.4, -0.2) is 35.2 Å². The lowest BCUT2D eigenvalue weighted by Crippen LogP contribution is -2.52. The molecule has 7 nitrogen and oxygen atoms in total. The Morgan fingerprint density at radius 3 is 2.15 bits per heavy atom. The van der Waals surface area contributed by atoms with Crippen LogP contribution in [0, 0.1) is 3.57 Å². The Balaban J connectivity index is 1.42. The van der Waals surface area contributed by atoms with Crippen molar-refractivity contribution in [1.29, 1.82) is 0 Å². The fourth-order valence-corrected chi connectivity index (χ4v) is 4.52. The highest BCUT2D eigenvalue weighted by atomic mass is 127. The first-order valence-electron chi connectivity index (χ1n) is 10.6. The molecule has 0 bridgehead atoms. The van der Waals surface area contributed by atoms with Gasteiger partial charge in [-0.3, -0.25) is 4.79 Å². The number of fused-ring (bicyclic) bond motifs is 3. The highest BCUT2D eigenvalue weighted by Crippen LogP contribution is 2.44. The number of halogens is 1. The van der Waals surface area contributed by atoms with Crippen molar-refractivity contribution in [2.24, 2.45) is 0 Å². The van der Waals surface area contributed by atoms with E-state index in [1.54, 1.807) is 6.07 Å². The number of benzene rings is 3. The Labute approximate surface area is 210 Å². The summed E-state index contributed by atoms with van der Waals surface area (Å²) in [6, 6.07) is 20.7. The molecule has 0 spiro atoms. The summed E-state index contributed by atoms with van der Waals surface area (Å²) in [7, 11) is 0. The molecule has 0 unspecified atom stereocenters. The van der Waals surface area contributed by atoms with Crippen LogP contribution in [0.5, 0.6) is 0 Å². The van der Waals surface area contributed by atoms with E-state index in [1.165, 1.54) is 26.0 Å². The molecule has 174 valence electrons. The zero-order valence-corrected chi connectivity index (χ0v) is 20.8. The number of hydrogen-bond acceptors (Lipinski definition) is 4. The molecule has 0 saturated carbocycles. The fourth-order valence-electron chi connectivity index (χ4n) is 4.03. The maximum atomic E-state index is 12.8. The van der Waals surface area contributed by atoms with Crippen LogP contribution in [0.1, 0.15) is 41.3 Å². The van der Waals surface area contributed by atoms with Gasteiger partial charge in [0.25, 0.3) is 0 Å². The molecule has 4 rings (SSSR count). The number of carbonyl (C=O) groups excluding carboxylic acids is 2. The van der Waals surface area contributed by atoms with Gasteiger partial charge in [0.1, 0.15) is 12.1 Å². The van der Waals surface area contributed by atoms with Gasteiger partial charge in [0.15, 0.2) is 0 Å². The van der Waals surface area contributed by atoms with E-state index >= 15 is 0 Å². The zero-order chi connectivity index (χ0) is 24.5. The van der Waals surface area contributed by atoms with Crippen molar-refractivity contribution in [2.45, 2.75) is 25.3 Å². The lowest BCUT2D eigenvalue weighted by molar-refractivity contribution is -0.121. The van der Waals surface area contributed by atoms with E-state index in [-0.39, 0.29) is 23.8 Å². The number of carboxylic acid groups (broad SMARTS) is 1. The molecule has 0 aliphatic heterocycles. The van der Waals surface area contributed by atoms with Gasteiger partial charge in [0.05, 0.1) is 11.3 Å². The molecule has 0 fully saturated rings. The number of rotatable bonds is 6. The highest BCUT2D eigenvalue weighted by molar-refractivity contribution is 14.1. The second-order valence-corrected chi connectivity index (χ2v) is 9.77. The van der Waals surface area contributed by atoms with Crippen molar-refractivity contribution >= 4 is 46.2 Å². The van der Waals surface area contributed by atoms with Gasteiger partial charge >= 0.3 is 12.1 Å². The number of amides is 2. The molecule has 3 aromatic carbocycles. The van der Waals surface area contributed by atoms with E-state index in [9.17, 15) is 19.5 Å². The lowest BCUT2D eigenvalue weighted by Gasteiger charge is -2.25. The molecule has 0 atom stereocenters. The molecule has 8 heteroatoms. The SMILES string of the molecule is CC(C)(NC(=O)OCC1c2ccccc2-c2ccccc21)C(=O)Nc1ccc(I)cc1C(=O)O. The van der Waals surface area contributed by atoms with Crippen LogP contribution < -0.4 is 10.6 Å². The first kappa shape index (κ1) is 23.7. The second kappa shape index (κ2) is 9.46. The number of hydrogen-bond donors (Lipinski definition) is 3. The third kappa shape index (κ3) is 4.77. The number of ether oxygens (including phenoxy) is 1. The molecule has 34 heavy (non-hydrogen) atoms. The molecular weight excluding hydrogens is 547 g/mol. The summed E-state index contributed by atoms with van der Waals surface area (Å²) in [6.07, 6.45) is -0.733. The molecule has 0 heterocycles. The van der Waals surface area contributed by atoms with Crippen molar-refractivity contribution in [3.63, 3.8) is 0 Å². The summed E-state index contributed by atoms with van der Waals surface area (Å²) in [4.78, 5) is 37.0. The van der Waals surface area contributed by atoms with Crippen molar-refractivity contribution in [3.8, 4) is 11.1 Å². The third-order valence-electron chi connectivity index (χ3n) is 5.79. The molecule has 3 aromatic rings. The van der Waals surface area contributed by atoms with Crippen molar-refractivity contribution < 1.29 is 24.2 Å². The Morgan fingerprint density at radius 1 is 0.971 bits per heavy atom. The van der Waals surface area contributed by atoms with Crippen molar-refractivity contribution in [2.75, 3.05) is 11.9 Å². The molecular formula is C26H23IN2O5. The van der Waals surface area contributed by atoms with Gasteiger partial charge in [-0.05, 0) is 76.9 Å². The van der Waals surface area contributed by atoms with Gasteiger partial charge in [0.2, 0.25) is 5.91 Å². The van der Waals surface area contributed by atoms with Gasteiger partial charge in [-0.2, -0.15) is 0 Å². The molecule has 0 radical (unpaired) electrons. The number of nitrogens with one attached hydrogen (secondary N) is 2. The molecule has 1 aliphatic carbocycles. The smallest absolute Gasteiger partial charge is 0.408 e. The van der Waals surface area contributed by atoms with Crippen LogP contribution in [0.4, 0.5) is 10.5 Å². The van der Waals surface area contributed by atoms with E-state index < -0.39 is 23.5 Å². The molecule has 0 saturated heterocycles. The first-order chi connectivity index (χ1) is 16.2. The van der Waals surface area contributed by atoms with E-state index in [0.29, 0.717) is 0 Å². The zero-order valence-electron chi connectivity index (χ0n) is 18.6. The molecule has 1 aliphatic rings. The third-order valence-corrected chi connectivity index (χ3v) is 6.46. The van der Waals surface area contributed by atoms with Crippen LogP contribution in [0.15, 0.2) is 66.7 Å². The molecule has 2 amide bonds. The first-order valence-corrected chi connectivity index (χ1v) is 11.7. The minimum atomic E-state index is -1.35. The summed E-state index contributed by atoms with van der Waals surface area (Å²) in [5.74, 6) is -1.82. The maximum Gasteiger partial charge on any atom is 0.408 e. The average molecular weight is 570 g/mol. The Bertz CT molecular complexity index is 1240. The van der Waals surface area contributed by atoms with Gasteiger partial charge < -0.3 is 20.5 Å². The average Bonchev–Trinajstić information content (AvgIpc) is 3.12. The second-order valence-electron chi connectivity index (χ2n) is 8.52. The highest BCUT2D eigenvalue weighted by Gasteiger charge is 2.33. The normalized spacial score (nSPS) is 12.4. The van der Waals surface area contributed by atoms with Crippen molar-refractivity contribution in [3.05, 3.63) is 87.0 Å². The Hall–Kier alpha value is -3.40. The number of carboxylic acids is 1. The van der Waals surface area contributed by atoms with Gasteiger partial charge in [-0.25, -0.2) is 9.59 Å². The van der Waals surface area contributed by atoms with E-state index in [2.05, 4.69) is 22.8 Å². The van der Waals surface area contributed by atoms with Gasteiger partial charge in [0, 0.05) is 9.49 Å². The number of carbonyl (C=O) groups is 3. The standard InChI is InChI=1S/C26H23IN2O5/c1-26(2,24(32)28-22-12-11-15(27)13-20(22)23(30)31)29-25(33)34-14-21-18-9-5-3-7-16(18)17-8-4-6-10-19(17)21/h3-13,21H,14H2,1-2H3,(H,28,32)(H,29,33)(H,30,31). The Kier molecular flexibility index (Phi) is 6.60. The monoisotopic (exact) mass is 570 g/mol. The lowest BCUT2D eigenvalue weighted by atomic mass is 9.98. The maximum absolute atomic E-state index is 12.8. The summed E-state index contributed by atoms with van der Waals surface area (Å²) in [6.45, 7) is 3.17. The van der Waals surface area contributed by atoms with Crippen LogP contribution >= 0.6 is 22.6 Å². The Morgan fingerprint density at radius 2 is 1.56 bits per heavy atom. The van der Waals surface area contributed by atoms with E-state index in [4.69, 9.17) is 4.74 Å². The van der Waals surface area contributed by atoms with Gasteiger partial charge in [-0.1, -0.05) is 48.5 Å². The van der Waals surface area contributed by atoms with Crippen LogP contribution in [0.25, 0.3) is 11.1 Å². The van der Waals surface area contributed by atoms with Crippen LogP contribution in [0.2, 0.25) is 0 Å². The van der Waals surface area contributed by atoms with Crippen LogP contribution in [-0.2, 0) is 9.53 Å². The summed E-state index contributed by atoms with van der Waals surface area (Å²) >= 11 is 2.00. The fraction of sp³-hybridized carbons (Fsp3) is 0.192. The summed E-state index contributed by atoms with van der Waals surface area (Å²) in [5.41, 5.74) is 3.21. The van der Waals surface area contributed by atoms with E-state index in [1.807, 2.05) is 59.0 Å². The largest absolute Gasteiger partial charge is 0.478 e. The quantitative estimate of drug-likeness (QED) is 0.352. The van der Waals surface area contributed by atoms with Crippen LogP contribution in [0.3, 0.4) is 0 Å². The summed E-state index contributed by atoms with van der Waals surface area (Å²) < 4.78 is 6.25. The van der Waals surface area contributed by atoms with Crippen molar-refractivity contribution in [1.82, 2.24) is 5.32 Å². The number of alkyl carbamates (subject to hydrolysis) is 1. The molecule has 3 N–H and O–H groups in total. The number of aromatic carboxylic acids is 1. The summed E-state index contributed by atoms with van der Waals surface area (Å²) in [5, 5.41) is 14.6. The predicted molar refractivity (Wildman–Crippen MR) is 137 cm³/mol. The van der Waals surface area contributed by atoms with E-state index in [0.717, 1.165) is 25.8 Å². The number of anilines is 1.